The molecular weight excluding hydrogens is 311 g/mol. The van der Waals surface area contributed by atoms with E-state index in [1.54, 1.807) is 0 Å². The highest BCUT2D eigenvalue weighted by Crippen LogP contribution is 2.45. The predicted molar refractivity (Wildman–Crippen MR) is 73.0 cm³/mol. The number of hydrogen-bond acceptors (Lipinski definition) is 1. The normalized spacial score (nSPS) is 24.1. The van der Waals surface area contributed by atoms with Crippen LogP contribution in [0, 0.1) is 0 Å². The number of allylic oxidation sites excluding steroid dienone is 2. The Hall–Kier alpha value is -0.640. The highest BCUT2D eigenvalue weighted by atomic mass is 127. The van der Waals surface area contributed by atoms with Crippen LogP contribution in [0.1, 0.15) is 45.5 Å². The highest BCUT2D eigenvalue weighted by Gasteiger charge is 2.32. The summed E-state index contributed by atoms with van der Waals surface area (Å²) in [6.07, 6.45) is 4.52. The van der Waals surface area contributed by atoms with Gasteiger partial charge in [0.2, 0.25) is 0 Å². The lowest BCUT2D eigenvalue weighted by Crippen LogP contribution is -2.20. The molecule has 2 heteroatoms. The van der Waals surface area contributed by atoms with Crippen molar-refractivity contribution in [2.24, 2.45) is 0 Å². The molecule has 0 amide bonds. The van der Waals surface area contributed by atoms with Crippen LogP contribution in [-0.4, -0.2) is 5.78 Å². The Kier molecular flexibility index (Phi) is 2.62. The summed E-state index contributed by atoms with van der Waals surface area (Å²) in [5.41, 5.74) is 4.66. The first-order valence-corrected chi connectivity index (χ1v) is 7.03. The van der Waals surface area contributed by atoms with Gasteiger partial charge in [-0.15, -0.1) is 0 Å². The SMILES string of the molecule is O=C1C2=C(CCCC2)C(I)c2ccccc21. The second kappa shape index (κ2) is 3.99. The molecule has 0 N–H and O–H groups in total. The van der Waals surface area contributed by atoms with E-state index in [0.29, 0.717) is 9.71 Å². The number of fused-ring (bicyclic) bond motifs is 1. The third kappa shape index (κ3) is 1.46. The van der Waals surface area contributed by atoms with Gasteiger partial charge in [-0.25, -0.2) is 0 Å². The summed E-state index contributed by atoms with van der Waals surface area (Å²) in [6.45, 7) is 0. The largest absolute Gasteiger partial charge is 0.289 e. The number of hydrogen-bond donors (Lipinski definition) is 0. The molecule has 3 rings (SSSR count). The molecule has 16 heavy (non-hydrogen) atoms. The summed E-state index contributed by atoms with van der Waals surface area (Å²) in [6, 6.07) is 8.07. The number of carbonyl (C=O) groups is 1. The van der Waals surface area contributed by atoms with E-state index in [1.807, 2.05) is 18.2 Å². The molecule has 82 valence electrons. The van der Waals surface area contributed by atoms with E-state index in [4.69, 9.17) is 0 Å². The first-order valence-electron chi connectivity index (χ1n) is 5.78. The van der Waals surface area contributed by atoms with Gasteiger partial charge < -0.3 is 0 Å². The summed E-state index contributed by atoms with van der Waals surface area (Å²) < 4.78 is 0.418. The lowest BCUT2D eigenvalue weighted by molar-refractivity contribution is 0.102. The second-order valence-electron chi connectivity index (χ2n) is 4.49. The zero-order chi connectivity index (χ0) is 11.1. The van der Waals surface area contributed by atoms with Crippen LogP contribution < -0.4 is 0 Å². The van der Waals surface area contributed by atoms with Gasteiger partial charge in [0.05, 0.1) is 3.92 Å². The summed E-state index contributed by atoms with van der Waals surface area (Å²) in [7, 11) is 0. The van der Waals surface area contributed by atoms with Gasteiger partial charge in [-0.1, -0.05) is 46.9 Å². The molecule has 0 saturated heterocycles. The van der Waals surface area contributed by atoms with Crippen LogP contribution in [0.25, 0.3) is 0 Å². The van der Waals surface area contributed by atoms with E-state index in [0.717, 1.165) is 24.0 Å². The average molecular weight is 324 g/mol. The number of benzene rings is 1. The average Bonchev–Trinajstić information content (AvgIpc) is 2.36. The standard InChI is InChI=1S/C14H13IO/c15-13-9-5-1-3-7-11(9)14(16)12-8-4-2-6-10(12)13/h1,3,5,7,13H,2,4,6,8H2. The van der Waals surface area contributed by atoms with Gasteiger partial charge in [-0.3, -0.25) is 4.79 Å². The Morgan fingerprint density at radius 2 is 1.88 bits per heavy atom. The minimum Gasteiger partial charge on any atom is -0.289 e. The molecule has 0 aromatic heterocycles. The molecule has 0 heterocycles. The molecule has 1 atom stereocenters. The predicted octanol–water partition coefficient (Wildman–Crippen LogP) is 4.23. The van der Waals surface area contributed by atoms with Gasteiger partial charge in [0, 0.05) is 11.1 Å². The lowest BCUT2D eigenvalue weighted by atomic mass is 9.78. The Morgan fingerprint density at radius 3 is 2.75 bits per heavy atom. The number of Topliss-reactive ketones (excluding diaryl/α,β-unsaturated/α-hetero) is 1. The summed E-state index contributed by atoms with van der Waals surface area (Å²) in [5, 5.41) is 0. The van der Waals surface area contributed by atoms with E-state index in [1.165, 1.54) is 24.0 Å². The molecule has 1 aromatic carbocycles. The van der Waals surface area contributed by atoms with Gasteiger partial charge in [0.25, 0.3) is 0 Å². The van der Waals surface area contributed by atoms with Crippen molar-refractivity contribution in [3.8, 4) is 0 Å². The molecule has 2 aliphatic rings. The number of rotatable bonds is 0. The number of alkyl halides is 1. The van der Waals surface area contributed by atoms with Crippen molar-refractivity contribution in [2.45, 2.75) is 29.6 Å². The topological polar surface area (TPSA) is 17.1 Å². The monoisotopic (exact) mass is 324 g/mol. The smallest absolute Gasteiger partial charge is 0.189 e. The number of halogens is 1. The summed E-state index contributed by atoms with van der Waals surface area (Å²) in [5.74, 6) is 0.290. The van der Waals surface area contributed by atoms with Crippen LogP contribution >= 0.6 is 22.6 Å². The second-order valence-corrected chi connectivity index (χ2v) is 5.74. The maximum atomic E-state index is 12.3. The van der Waals surface area contributed by atoms with Crippen molar-refractivity contribution in [1.29, 1.82) is 0 Å². The maximum absolute atomic E-state index is 12.3. The quantitative estimate of drug-likeness (QED) is 0.516. The fourth-order valence-electron chi connectivity index (χ4n) is 2.74. The van der Waals surface area contributed by atoms with Crippen LogP contribution in [0.4, 0.5) is 0 Å². The zero-order valence-electron chi connectivity index (χ0n) is 9.00. The lowest BCUT2D eigenvalue weighted by Gasteiger charge is -2.29. The van der Waals surface area contributed by atoms with Gasteiger partial charge in [-0.05, 0) is 36.8 Å². The maximum Gasteiger partial charge on any atom is 0.189 e. The third-order valence-corrected chi connectivity index (χ3v) is 4.99. The molecule has 0 aliphatic heterocycles. The van der Waals surface area contributed by atoms with Crippen molar-refractivity contribution in [1.82, 2.24) is 0 Å². The Bertz CT molecular complexity index is 487. The van der Waals surface area contributed by atoms with Crippen LogP contribution in [0.5, 0.6) is 0 Å². The highest BCUT2D eigenvalue weighted by molar-refractivity contribution is 14.1. The first-order chi connectivity index (χ1) is 7.79. The Labute approximate surface area is 109 Å². The molecular formula is C14H13IO. The Morgan fingerprint density at radius 1 is 1.12 bits per heavy atom. The van der Waals surface area contributed by atoms with Crippen molar-refractivity contribution in [2.75, 3.05) is 0 Å². The van der Waals surface area contributed by atoms with Crippen molar-refractivity contribution in [3.63, 3.8) is 0 Å². The number of carbonyl (C=O) groups excluding carboxylic acids is 1. The molecule has 2 aliphatic carbocycles. The minimum atomic E-state index is 0.290. The van der Waals surface area contributed by atoms with E-state index in [9.17, 15) is 4.79 Å². The first kappa shape index (κ1) is 10.5. The van der Waals surface area contributed by atoms with Crippen molar-refractivity contribution < 1.29 is 4.79 Å². The Balaban J connectivity index is 2.18. The van der Waals surface area contributed by atoms with Crippen LogP contribution in [0.15, 0.2) is 35.4 Å². The third-order valence-electron chi connectivity index (χ3n) is 3.57. The van der Waals surface area contributed by atoms with E-state index >= 15 is 0 Å². The molecule has 1 unspecified atom stereocenters. The molecule has 0 spiro atoms. The fourth-order valence-corrected chi connectivity index (χ4v) is 3.97. The van der Waals surface area contributed by atoms with Crippen LogP contribution in [0.2, 0.25) is 0 Å². The van der Waals surface area contributed by atoms with Crippen molar-refractivity contribution in [3.05, 3.63) is 46.5 Å². The van der Waals surface area contributed by atoms with Gasteiger partial charge in [-0.2, -0.15) is 0 Å². The molecule has 0 bridgehead atoms. The number of ketones is 1. The fraction of sp³-hybridized carbons (Fsp3) is 0.357. The van der Waals surface area contributed by atoms with Gasteiger partial charge in [0.1, 0.15) is 0 Å². The van der Waals surface area contributed by atoms with Crippen molar-refractivity contribution >= 4 is 28.4 Å². The van der Waals surface area contributed by atoms with E-state index in [2.05, 4.69) is 28.7 Å². The molecule has 1 aromatic rings. The molecule has 0 saturated carbocycles. The van der Waals surface area contributed by atoms with Crippen LogP contribution in [-0.2, 0) is 0 Å². The van der Waals surface area contributed by atoms with Gasteiger partial charge in [0.15, 0.2) is 5.78 Å². The van der Waals surface area contributed by atoms with Gasteiger partial charge >= 0.3 is 0 Å². The zero-order valence-corrected chi connectivity index (χ0v) is 11.2. The molecule has 1 nitrogen and oxygen atoms in total. The van der Waals surface area contributed by atoms with E-state index < -0.39 is 0 Å². The minimum absolute atomic E-state index is 0.290. The van der Waals surface area contributed by atoms with E-state index in [-0.39, 0.29) is 0 Å². The summed E-state index contributed by atoms with van der Waals surface area (Å²) >= 11 is 2.48. The summed E-state index contributed by atoms with van der Waals surface area (Å²) in [4.78, 5) is 12.3. The molecule has 0 radical (unpaired) electrons. The van der Waals surface area contributed by atoms with Crippen LogP contribution in [0.3, 0.4) is 0 Å². The molecule has 0 fully saturated rings.